The molecule has 5 N–H and O–H groups in total. The Labute approximate surface area is 187 Å². The van der Waals surface area contributed by atoms with Gasteiger partial charge < -0.3 is 21.4 Å². The van der Waals surface area contributed by atoms with E-state index in [1.165, 1.54) is 0 Å². The van der Waals surface area contributed by atoms with E-state index in [4.69, 9.17) is 11.5 Å². The second-order valence-electron chi connectivity index (χ2n) is 7.70. The fraction of sp³-hybridized carbons (Fsp3) is 0.240. The number of hydrogen-bond donors (Lipinski definition) is 3. The lowest BCUT2D eigenvalue weighted by molar-refractivity contribution is 0.0936. The first-order valence-electron chi connectivity index (χ1n) is 10.6. The second-order valence-corrected chi connectivity index (χ2v) is 7.70. The van der Waals surface area contributed by atoms with Crippen LogP contribution in [0.5, 0.6) is 0 Å². The summed E-state index contributed by atoms with van der Waals surface area (Å²) in [5, 5.41) is 2.91. The average molecular weight is 432 g/mol. The first kappa shape index (κ1) is 22.8. The topological polar surface area (TPSA) is 116 Å². The van der Waals surface area contributed by atoms with Gasteiger partial charge in [-0.2, -0.15) is 0 Å². The maximum Gasteiger partial charge on any atom is 0.264 e. The summed E-state index contributed by atoms with van der Waals surface area (Å²) in [6.45, 7) is 2.77. The van der Waals surface area contributed by atoms with E-state index in [-0.39, 0.29) is 29.0 Å². The third kappa shape index (κ3) is 6.07. The molecule has 3 rings (SSSR count). The molecule has 0 bridgehead atoms. The molecule has 0 radical (unpaired) electrons. The van der Waals surface area contributed by atoms with Crippen LogP contribution in [0.4, 0.5) is 0 Å². The van der Waals surface area contributed by atoms with Crippen LogP contribution in [0, 0.1) is 0 Å². The summed E-state index contributed by atoms with van der Waals surface area (Å²) >= 11 is 0. The molecule has 0 unspecified atom stereocenters. The number of hydrogen-bond acceptors (Lipinski definition) is 3. The van der Waals surface area contributed by atoms with E-state index in [0.29, 0.717) is 19.5 Å². The minimum absolute atomic E-state index is 0.0548. The Bertz CT molecular complexity index is 1120. The largest absolute Gasteiger partial charge is 0.370 e. The van der Waals surface area contributed by atoms with Crippen LogP contribution < -0.4 is 22.3 Å². The van der Waals surface area contributed by atoms with Crippen molar-refractivity contribution in [3.05, 3.63) is 94.3 Å². The molecule has 0 saturated carbocycles. The van der Waals surface area contributed by atoms with Gasteiger partial charge in [0.15, 0.2) is 5.96 Å². The molecule has 7 heteroatoms. The van der Waals surface area contributed by atoms with Gasteiger partial charge in [0.1, 0.15) is 5.56 Å². The summed E-state index contributed by atoms with van der Waals surface area (Å²) in [5.41, 5.74) is 13.1. The summed E-state index contributed by atoms with van der Waals surface area (Å²) in [6.07, 6.45) is 1.42. The maximum atomic E-state index is 13.4. The number of carbonyl (C=O) groups excluding carboxylic acids is 1. The molecule has 0 aliphatic rings. The van der Waals surface area contributed by atoms with Crippen LogP contribution in [0.15, 0.2) is 82.6 Å². The smallest absolute Gasteiger partial charge is 0.264 e. The van der Waals surface area contributed by atoms with Crippen molar-refractivity contribution in [3.63, 3.8) is 0 Å². The van der Waals surface area contributed by atoms with E-state index in [9.17, 15) is 9.59 Å². The van der Waals surface area contributed by atoms with E-state index >= 15 is 0 Å². The van der Waals surface area contributed by atoms with Gasteiger partial charge in [0.05, 0.1) is 12.2 Å². The molecule has 1 aromatic heterocycles. The van der Waals surface area contributed by atoms with E-state index in [2.05, 4.69) is 10.3 Å². The van der Waals surface area contributed by atoms with Crippen LogP contribution >= 0.6 is 0 Å². The Morgan fingerprint density at radius 1 is 1.00 bits per heavy atom. The van der Waals surface area contributed by atoms with E-state index in [0.717, 1.165) is 23.2 Å². The van der Waals surface area contributed by atoms with Crippen molar-refractivity contribution in [3.8, 4) is 11.3 Å². The molecule has 32 heavy (non-hydrogen) atoms. The quantitative estimate of drug-likeness (QED) is 0.274. The third-order valence-corrected chi connectivity index (χ3v) is 5.14. The van der Waals surface area contributed by atoms with Crippen molar-refractivity contribution in [2.45, 2.75) is 32.4 Å². The molecule has 1 atom stereocenters. The van der Waals surface area contributed by atoms with Crippen LogP contribution in [-0.4, -0.2) is 29.0 Å². The van der Waals surface area contributed by atoms with Crippen LogP contribution in [0.25, 0.3) is 11.3 Å². The molecular formula is C25H29N5O2. The van der Waals surface area contributed by atoms with E-state index in [1.807, 2.05) is 73.7 Å². The van der Waals surface area contributed by atoms with Crippen molar-refractivity contribution >= 4 is 11.9 Å². The molecule has 0 saturated heterocycles. The maximum absolute atomic E-state index is 13.4. The molecule has 0 fully saturated rings. The Balaban J connectivity index is 1.85. The van der Waals surface area contributed by atoms with Crippen LogP contribution in [0.3, 0.4) is 0 Å². The zero-order chi connectivity index (χ0) is 22.9. The highest BCUT2D eigenvalue weighted by Crippen LogP contribution is 2.19. The SMILES string of the molecule is C[C@H](CCCN=C(N)N)NC(=O)c1ccc(-c2ccccc2)n(Cc2ccccc2)c1=O. The standard InChI is InChI=1S/C25H29N5O2/c1-18(9-8-16-28-25(26)27)29-23(31)21-14-15-22(20-12-6-3-7-13-20)30(24(21)32)17-19-10-4-2-5-11-19/h2-7,10-15,18H,8-9,16-17H2,1H3,(H,29,31)(H4,26,27,28)/t18-/m1/s1. The molecule has 166 valence electrons. The zero-order valence-corrected chi connectivity index (χ0v) is 18.2. The number of amides is 1. The third-order valence-electron chi connectivity index (χ3n) is 5.14. The van der Waals surface area contributed by atoms with Gasteiger partial charge in [-0.05, 0) is 43.0 Å². The fourth-order valence-electron chi connectivity index (χ4n) is 3.51. The van der Waals surface area contributed by atoms with Gasteiger partial charge in [0, 0.05) is 12.6 Å². The highest BCUT2D eigenvalue weighted by Gasteiger charge is 2.17. The lowest BCUT2D eigenvalue weighted by atomic mass is 10.1. The Hall–Kier alpha value is -3.87. The highest BCUT2D eigenvalue weighted by molar-refractivity contribution is 5.94. The normalized spacial score (nSPS) is 11.5. The first-order valence-corrected chi connectivity index (χ1v) is 10.6. The van der Waals surface area contributed by atoms with Crippen molar-refractivity contribution in [1.29, 1.82) is 0 Å². The van der Waals surface area contributed by atoms with Gasteiger partial charge in [-0.25, -0.2) is 0 Å². The molecule has 7 nitrogen and oxygen atoms in total. The van der Waals surface area contributed by atoms with Crippen LogP contribution in [0.2, 0.25) is 0 Å². The number of aromatic nitrogens is 1. The molecule has 2 aromatic carbocycles. The van der Waals surface area contributed by atoms with Gasteiger partial charge in [-0.1, -0.05) is 60.7 Å². The number of nitrogens with two attached hydrogens (primary N) is 2. The molecular weight excluding hydrogens is 402 g/mol. The predicted molar refractivity (Wildman–Crippen MR) is 129 cm³/mol. The van der Waals surface area contributed by atoms with Crippen molar-refractivity contribution in [1.82, 2.24) is 9.88 Å². The number of pyridine rings is 1. The van der Waals surface area contributed by atoms with E-state index in [1.54, 1.807) is 10.6 Å². The molecule has 0 aliphatic carbocycles. The number of benzene rings is 2. The summed E-state index contributed by atoms with van der Waals surface area (Å²) in [7, 11) is 0. The number of carbonyl (C=O) groups is 1. The Morgan fingerprint density at radius 2 is 1.66 bits per heavy atom. The van der Waals surface area contributed by atoms with Crippen molar-refractivity contribution in [2.75, 3.05) is 6.54 Å². The number of guanidine groups is 1. The molecule has 0 aliphatic heterocycles. The van der Waals surface area contributed by atoms with Crippen molar-refractivity contribution < 1.29 is 4.79 Å². The van der Waals surface area contributed by atoms with Gasteiger partial charge in [0.2, 0.25) is 0 Å². The average Bonchev–Trinajstić information content (AvgIpc) is 2.79. The molecule has 1 heterocycles. The number of aliphatic imine (C=N–C) groups is 1. The van der Waals surface area contributed by atoms with Gasteiger partial charge in [-0.3, -0.25) is 14.6 Å². The minimum Gasteiger partial charge on any atom is -0.370 e. The van der Waals surface area contributed by atoms with Gasteiger partial charge in [0.25, 0.3) is 11.5 Å². The van der Waals surface area contributed by atoms with Crippen LogP contribution in [-0.2, 0) is 6.54 Å². The summed E-state index contributed by atoms with van der Waals surface area (Å²) in [5.74, 6) is -0.329. The first-order chi connectivity index (χ1) is 15.5. The highest BCUT2D eigenvalue weighted by atomic mass is 16.2. The molecule has 0 spiro atoms. The summed E-state index contributed by atoms with van der Waals surface area (Å²) in [4.78, 5) is 30.2. The molecule has 3 aromatic rings. The number of nitrogens with zero attached hydrogens (tertiary/aromatic N) is 2. The Morgan fingerprint density at radius 3 is 2.31 bits per heavy atom. The lowest BCUT2D eigenvalue weighted by Crippen LogP contribution is -2.38. The zero-order valence-electron chi connectivity index (χ0n) is 18.2. The fourth-order valence-corrected chi connectivity index (χ4v) is 3.51. The van der Waals surface area contributed by atoms with Gasteiger partial charge >= 0.3 is 0 Å². The van der Waals surface area contributed by atoms with Gasteiger partial charge in [-0.15, -0.1) is 0 Å². The summed E-state index contributed by atoms with van der Waals surface area (Å²) in [6, 6.07) is 22.7. The lowest BCUT2D eigenvalue weighted by Gasteiger charge is -2.17. The number of nitrogens with one attached hydrogen (secondary N) is 1. The minimum atomic E-state index is -0.384. The monoisotopic (exact) mass is 431 g/mol. The van der Waals surface area contributed by atoms with Crippen LogP contribution in [0.1, 0.15) is 35.7 Å². The summed E-state index contributed by atoms with van der Waals surface area (Å²) < 4.78 is 1.66. The Kier molecular flexibility index (Phi) is 7.80. The molecule has 1 amide bonds. The van der Waals surface area contributed by atoms with E-state index < -0.39 is 0 Å². The van der Waals surface area contributed by atoms with Crippen molar-refractivity contribution in [2.24, 2.45) is 16.5 Å². The number of rotatable bonds is 9. The predicted octanol–water partition coefficient (Wildman–Crippen LogP) is 2.74. The second kappa shape index (κ2) is 10.9.